The van der Waals surface area contributed by atoms with Gasteiger partial charge in [-0.15, -0.1) is 0 Å². The van der Waals surface area contributed by atoms with E-state index in [0.29, 0.717) is 6.42 Å². The monoisotopic (exact) mass is 210 g/mol. The van der Waals surface area contributed by atoms with Gasteiger partial charge in [-0.05, 0) is 13.3 Å². The van der Waals surface area contributed by atoms with E-state index in [1.807, 2.05) is 6.92 Å². The maximum Gasteiger partial charge on any atom is 0.279 e. The molecular formula is C7H18N2O3S. The highest BCUT2D eigenvalue weighted by Gasteiger charge is 2.28. The summed E-state index contributed by atoms with van der Waals surface area (Å²) in [6.07, 6.45) is 0.538. The topological polar surface area (TPSA) is 69.6 Å². The van der Waals surface area contributed by atoms with Crippen molar-refractivity contribution in [2.24, 2.45) is 0 Å². The first-order chi connectivity index (χ1) is 5.77. The van der Waals surface area contributed by atoms with E-state index in [9.17, 15) is 8.42 Å². The van der Waals surface area contributed by atoms with Crippen LogP contribution >= 0.6 is 0 Å². The molecule has 0 fully saturated rings. The third kappa shape index (κ3) is 3.60. The van der Waals surface area contributed by atoms with Crippen molar-refractivity contribution >= 4 is 10.2 Å². The van der Waals surface area contributed by atoms with Crippen LogP contribution in [0.25, 0.3) is 0 Å². The van der Waals surface area contributed by atoms with Crippen molar-refractivity contribution in [3.63, 3.8) is 0 Å². The Kier molecular flexibility index (Phi) is 4.31. The second-order valence-electron chi connectivity index (χ2n) is 3.46. The van der Waals surface area contributed by atoms with Crippen molar-refractivity contribution in [1.82, 2.24) is 9.03 Å². The molecule has 1 atom stereocenters. The molecule has 2 N–H and O–H groups in total. The Morgan fingerprint density at radius 2 is 1.92 bits per heavy atom. The number of aliphatic hydroxyl groups is 1. The first-order valence-corrected chi connectivity index (χ1v) is 5.53. The molecule has 0 saturated heterocycles. The number of nitrogens with zero attached hydrogens (tertiary/aromatic N) is 1. The van der Waals surface area contributed by atoms with Crippen LogP contribution in [0.4, 0.5) is 0 Å². The Balaban J connectivity index is 4.60. The zero-order chi connectivity index (χ0) is 10.7. The van der Waals surface area contributed by atoms with E-state index >= 15 is 0 Å². The highest BCUT2D eigenvalue weighted by molar-refractivity contribution is 7.87. The molecule has 0 saturated carbocycles. The molecule has 6 heteroatoms. The van der Waals surface area contributed by atoms with Crippen LogP contribution in [-0.2, 0) is 10.2 Å². The van der Waals surface area contributed by atoms with Crippen molar-refractivity contribution in [3.05, 3.63) is 0 Å². The number of nitrogens with one attached hydrogen (secondary N) is 1. The summed E-state index contributed by atoms with van der Waals surface area (Å²) in [4.78, 5) is 0. The van der Waals surface area contributed by atoms with Crippen LogP contribution in [0.5, 0.6) is 0 Å². The Morgan fingerprint density at radius 1 is 1.46 bits per heavy atom. The van der Waals surface area contributed by atoms with E-state index in [4.69, 9.17) is 5.11 Å². The number of hydrogen-bond donors (Lipinski definition) is 2. The third-order valence-corrected chi connectivity index (χ3v) is 3.70. The fourth-order valence-electron chi connectivity index (χ4n) is 0.619. The van der Waals surface area contributed by atoms with Gasteiger partial charge in [0.15, 0.2) is 0 Å². The minimum atomic E-state index is -3.46. The molecule has 0 bridgehead atoms. The summed E-state index contributed by atoms with van der Waals surface area (Å²) in [5, 5.41) is 8.98. The van der Waals surface area contributed by atoms with Crippen LogP contribution in [0, 0.1) is 0 Å². The van der Waals surface area contributed by atoms with Crippen molar-refractivity contribution in [3.8, 4) is 0 Å². The van der Waals surface area contributed by atoms with Crippen LogP contribution in [0.1, 0.15) is 20.3 Å². The smallest absolute Gasteiger partial charge is 0.279 e. The Morgan fingerprint density at radius 3 is 2.15 bits per heavy atom. The predicted molar refractivity (Wildman–Crippen MR) is 51.5 cm³/mol. The van der Waals surface area contributed by atoms with E-state index in [-0.39, 0.29) is 6.61 Å². The van der Waals surface area contributed by atoms with E-state index in [0.717, 1.165) is 4.31 Å². The predicted octanol–water partition coefficient (Wildman–Crippen LogP) is -0.457. The quantitative estimate of drug-likeness (QED) is 0.645. The minimum absolute atomic E-state index is 0.212. The third-order valence-electron chi connectivity index (χ3n) is 1.99. The minimum Gasteiger partial charge on any atom is -0.394 e. The average Bonchev–Trinajstić information content (AvgIpc) is 2.03. The van der Waals surface area contributed by atoms with Gasteiger partial charge in [-0.1, -0.05) is 6.92 Å². The molecule has 80 valence electrons. The number of aliphatic hydroxyl groups excluding tert-OH is 1. The first kappa shape index (κ1) is 12.8. The molecule has 0 aliphatic heterocycles. The summed E-state index contributed by atoms with van der Waals surface area (Å²) in [6.45, 7) is 3.26. The van der Waals surface area contributed by atoms with E-state index in [1.54, 1.807) is 6.92 Å². The fourth-order valence-corrected chi connectivity index (χ4v) is 1.63. The molecular weight excluding hydrogens is 192 g/mol. The average molecular weight is 210 g/mol. The highest BCUT2D eigenvalue weighted by atomic mass is 32.2. The van der Waals surface area contributed by atoms with Crippen molar-refractivity contribution < 1.29 is 13.5 Å². The van der Waals surface area contributed by atoms with E-state index in [2.05, 4.69) is 4.72 Å². The lowest BCUT2D eigenvalue weighted by molar-refractivity contribution is 0.189. The summed E-state index contributed by atoms with van der Waals surface area (Å²) in [6, 6.07) is 0. The molecule has 0 rings (SSSR count). The molecule has 0 aromatic carbocycles. The molecule has 0 heterocycles. The maximum atomic E-state index is 11.4. The molecule has 0 aliphatic carbocycles. The summed E-state index contributed by atoms with van der Waals surface area (Å²) in [5.74, 6) is 0. The van der Waals surface area contributed by atoms with Gasteiger partial charge in [0.1, 0.15) is 0 Å². The lowest BCUT2D eigenvalue weighted by Gasteiger charge is -2.28. The summed E-state index contributed by atoms with van der Waals surface area (Å²) in [7, 11) is -0.576. The maximum absolute atomic E-state index is 11.4. The van der Waals surface area contributed by atoms with Crippen molar-refractivity contribution in [2.75, 3.05) is 20.7 Å². The zero-order valence-electron chi connectivity index (χ0n) is 8.53. The van der Waals surface area contributed by atoms with Gasteiger partial charge in [0, 0.05) is 14.1 Å². The van der Waals surface area contributed by atoms with Gasteiger partial charge in [0.2, 0.25) is 0 Å². The largest absolute Gasteiger partial charge is 0.394 e. The van der Waals surface area contributed by atoms with Gasteiger partial charge in [-0.25, -0.2) is 0 Å². The van der Waals surface area contributed by atoms with Gasteiger partial charge < -0.3 is 5.11 Å². The molecule has 0 radical (unpaired) electrons. The molecule has 0 aliphatic rings. The standard InChI is InChI=1S/C7H18N2O3S/c1-5-7(2,6-10)8-13(11,12)9(3)4/h8,10H,5-6H2,1-4H3. The molecule has 0 aromatic rings. The number of rotatable bonds is 5. The Bertz CT molecular complexity index is 244. The summed E-state index contributed by atoms with van der Waals surface area (Å²) >= 11 is 0. The fraction of sp³-hybridized carbons (Fsp3) is 1.00. The van der Waals surface area contributed by atoms with Gasteiger partial charge in [-0.2, -0.15) is 17.4 Å². The summed E-state index contributed by atoms with van der Waals surface area (Å²) < 4.78 is 26.2. The molecule has 5 nitrogen and oxygen atoms in total. The highest BCUT2D eigenvalue weighted by Crippen LogP contribution is 2.10. The Hall–Kier alpha value is -0.170. The molecule has 0 amide bonds. The molecule has 1 unspecified atom stereocenters. The SMILES string of the molecule is CCC(C)(CO)NS(=O)(=O)N(C)C. The lowest BCUT2D eigenvalue weighted by Crippen LogP contribution is -2.51. The van der Waals surface area contributed by atoms with Gasteiger partial charge >= 0.3 is 0 Å². The van der Waals surface area contributed by atoms with Gasteiger partial charge in [0.25, 0.3) is 10.2 Å². The molecule has 13 heavy (non-hydrogen) atoms. The molecule has 0 spiro atoms. The van der Waals surface area contributed by atoms with Gasteiger partial charge in [-0.3, -0.25) is 0 Å². The Labute approximate surface area is 79.9 Å². The molecule has 0 aromatic heterocycles. The first-order valence-electron chi connectivity index (χ1n) is 4.09. The van der Waals surface area contributed by atoms with Crippen molar-refractivity contribution in [2.45, 2.75) is 25.8 Å². The summed E-state index contributed by atoms with van der Waals surface area (Å²) in [5.41, 5.74) is -0.775. The van der Waals surface area contributed by atoms with Crippen LogP contribution in [0.2, 0.25) is 0 Å². The second kappa shape index (κ2) is 4.36. The van der Waals surface area contributed by atoms with E-state index < -0.39 is 15.7 Å². The number of hydrogen-bond acceptors (Lipinski definition) is 3. The van der Waals surface area contributed by atoms with Crippen molar-refractivity contribution in [1.29, 1.82) is 0 Å². The second-order valence-corrected chi connectivity index (χ2v) is 5.35. The van der Waals surface area contributed by atoms with Crippen LogP contribution in [-0.4, -0.2) is 44.1 Å². The normalized spacial score (nSPS) is 17.4. The van der Waals surface area contributed by atoms with Crippen LogP contribution in [0.3, 0.4) is 0 Å². The van der Waals surface area contributed by atoms with E-state index in [1.165, 1.54) is 14.1 Å². The van der Waals surface area contributed by atoms with Crippen LogP contribution in [0.15, 0.2) is 0 Å². The van der Waals surface area contributed by atoms with Gasteiger partial charge in [0.05, 0.1) is 12.1 Å². The lowest BCUT2D eigenvalue weighted by atomic mass is 10.0. The van der Waals surface area contributed by atoms with Crippen LogP contribution < -0.4 is 4.72 Å². The zero-order valence-corrected chi connectivity index (χ0v) is 9.35.